The maximum atomic E-state index is 12.5. The van der Waals surface area contributed by atoms with Crippen LogP contribution in [0, 0.1) is 10.1 Å². The highest BCUT2D eigenvalue weighted by Crippen LogP contribution is 2.34. The molecule has 1 aliphatic rings. The molecule has 0 spiro atoms. The van der Waals surface area contributed by atoms with Crippen molar-refractivity contribution in [1.29, 1.82) is 0 Å². The molecule has 9 heteroatoms. The maximum absolute atomic E-state index is 12.5. The standard InChI is InChI=1S/C17H13N3O6.2C2H6/c1-2-26-17(23)18-13-8-7-10(9-14(13)20(24)25)19-15(21)11-5-3-4-6-12(11)16(19)22;2*1-2/h3-9H,2H2,1H3,(H,18,23);2*1-2H3. The normalized spacial score (nSPS) is 11.4. The molecule has 0 fully saturated rings. The molecule has 2 aromatic rings. The summed E-state index contributed by atoms with van der Waals surface area (Å²) in [5.74, 6) is -1.13. The summed E-state index contributed by atoms with van der Waals surface area (Å²) in [6.45, 7) is 9.70. The minimum absolute atomic E-state index is 0.0392. The molecule has 0 aliphatic carbocycles. The number of nitrogens with one attached hydrogen (secondary N) is 1. The van der Waals surface area contributed by atoms with Crippen LogP contribution in [-0.4, -0.2) is 29.4 Å². The van der Waals surface area contributed by atoms with Gasteiger partial charge in [-0.1, -0.05) is 39.8 Å². The molecular weight excluding hydrogens is 390 g/mol. The van der Waals surface area contributed by atoms with Crippen molar-refractivity contribution in [3.05, 3.63) is 63.7 Å². The van der Waals surface area contributed by atoms with Crippen molar-refractivity contribution in [3.63, 3.8) is 0 Å². The van der Waals surface area contributed by atoms with Gasteiger partial charge in [-0.05, 0) is 31.2 Å². The molecule has 0 bridgehead atoms. The van der Waals surface area contributed by atoms with Crippen molar-refractivity contribution < 1.29 is 24.0 Å². The van der Waals surface area contributed by atoms with Crippen LogP contribution in [0.2, 0.25) is 0 Å². The number of nitrogens with zero attached hydrogens (tertiary/aromatic N) is 2. The first-order chi connectivity index (χ1) is 14.4. The third kappa shape index (κ3) is 4.99. The Labute approximate surface area is 174 Å². The van der Waals surface area contributed by atoms with Gasteiger partial charge in [0.2, 0.25) is 0 Å². The highest BCUT2D eigenvalue weighted by molar-refractivity contribution is 6.34. The maximum Gasteiger partial charge on any atom is 0.411 e. The molecule has 30 heavy (non-hydrogen) atoms. The molecule has 160 valence electrons. The van der Waals surface area contributed by atoms with Crippen LogP contribution >= 0.6 is 0 Å². The van der Waals surface area contributed by atoms with Crippen LogP contribution in [0.3, 0.4) is 0 Å². The first-order valence-corrected chi connectivity index (χ1v) is 9.64. The lowest BCUT2D eigenvalue weighted by Gasteiger charge is -2.15. The summed E-state index contributed by atoms with van der Waals surface area (Å²) < 4.78 is 4.70. The highest BCUT2D eigenvalue weighted by atomic mass is 16.6. The third-order valence-corrected chi connectivity index (χ3v) is 3.74. The van der Waals surface area contributed by atoms with Gasteiger partial charge in [0.05, 0.1) is 28.3 Å². The van der Waals surface area contributed by atoms with E-state index in [1.54, 1.807) is 19.1 Å². The van der Waals surface area contributed by atoms with Gasteiger partial charge in [-0.15, -0.1) is 0 Å². The average Bonchev–Trinajstić information content (AvgIpc) is 3.02. The number of rotatable bonds is 4. The van der Waals surface area contributed by atoms with E-state index in [-0.39, 0.29) is 29.1 Å². The van der Waals surface area contributed by atoms with E-state index in [2.05, 4.69) is 5.32 Å². The van der Waals surface area contributed by atoms with Gasteiger partial charge in [-0.3, -0.25) is 25.0 Å². The van der Waals surface area contributed by atoms with Crippen LogP contribution < -0.4 is 10.2 Å². The number of anilines is 2. The second-order valence-corrected chi connectivity index (χ2v) is 5.30. The van der Waals surface area contributed by atoms with E-state index in [1.165, 1.54) is 24.3 Å². The molecule has 0 unspecified atom stereocenters. The Balaban J connectivity index is 0.00000106. The first-order valence-electron chi connectivity index (χ1n) is 9.64. The molecule has 1 aliphatic heterocycles. The van der Waals surface area contributed by atoms with Crippen molar-refractivity contribution in [2.75, 3.05) is 16.8 Å². The van der Waals surface area contributed by atoms with Gasteiger partial charge in [-0.2, -0.15) is 0 Å². The van der Waals surface area contributed by atoms with Crippen LogP contribution in [0.4, 0.5) is 21.9 Å². The molecule has 0 atom stereocenters. The van der Waals surface area contributed by atoms with Crippen LogP contribution in [0.5, 0.6) is 0 Å². The van der Waals surface area contributed by atoms with Gasteiger partial charge in [0.25, 0.3) is 17.5 Å². The van der Waals surface area contributed by atoms with E-state index in [9.17, 15) is 24.5 Å². The number of hydrogen-bond donors (Lipinski definition) is 1. The topological polar surface area (TPSA) is 119 Å². The molecule has 1 N–H and O–H groups in total. The number of carbonyl (C=O) groups excluding carboxylic acids is 3. The van der Waals surface area contributed by atoms with E-state index < -0.39 is 28.5 Å². The van der Waals surface area contributed by atoms with Crippen LogP contribution in [0.25, 0.3) is 0 Å². The summed E-state index contributed by atoms with van der Waals surface area (Å²) >= 11 is 0. The number of carbonyl (C=O) groups is 3. The van der Waals surface area contributed by atoms with Gasteiger partial charge < -0.3 is 4.74 Å². The molecule has 0 radical (unpaired) electrons. The van der Waals surface area contributed by atoms with Gasteiger partial charge in [-0.25, -0.2) is 9.69 Å². The summed E-state index contributed by atoms with van der Waals surface area (Å²) in [4.78, 5) is 48.0. The van der Waals surface area contributed by atoms with Gasteiger partial charge in [0, 0.05) is 6.07 Å². The largest absolute Gasteiger partial charge is 0.450 e. The summed E-state index contributed by atoms with van der Waals surface area (Å²) in [6, 6.07) is 9.93. The van der Waals surface area contributed by atoms with Crippen molar-refractivity contribution in [2.24, 2.45) is 0 Å². The fourth-order valence-corrected chi connectivity index (χ4v) is 2.62. The second kappa shape index (κ2) is 11.3. The summed E-state index contributed by atoms with van der Waals surface area (Å²) in [5.41, 5.74) is -0.0685. The lowest BCUT2D eigenvalue weighted by molar-refractivity contribution is -0.383. The minimum atomic E-state index is -0.843. The Bertz CT molecular complexity index is 907. The minimum Gasteiger partial charge on any atom is -0.450 e. The van der Waals surface area contributed by atoms with Gasteiger partial charge in [0.15, 0.2) is 0 Å². The van der Waals surface area contributed by atoms with Crippen LogP contribution in [0.1, 0.15) is 55.3 Å². The van der Waals surface area contributed by atoms with Gasteiger partial charge >= 0.3 is 6.09 Å². The van der Waals surface area contributed by atoms with E-state index in [4.69, 9.17) is 4.74 Å². The predicted molar refractivity (Wildman–Crippen MR) is 114 cm³/mol. The third-order valence-electron chi connectivity index (χ3n) is 3.74. The Morgan fingerprint density at radius 3 is 2.03 bits per heavy atom. The molecule has 0 aromatic heterocycles. The molecule has 0 saturated carbocycles. The van der Waals surface area contributed by atoms with Crippen molar-refractivity contribution in [1.82, 2.24) is 0 Å². The molecule has 2 aromatic carbocycles. The Morgan fingerprint density at radius 2 is 1.57 bits per heavy atom. The average molecular weight is 415 g/mol. The number of benzene rings is 2. The number of ether oxygens (including phenoxy) is 1. The molecule has 9 nitrogen and oxygen atoms in total. The van der Waals surface area contributed by atoms with Crippen LogP contribution in [0.15, 0.2) is 42.5 Å². The van der Waals surface area contributed by atoms with Crippen molar-refractivity contribution in [3.8, 4) is 0 Å². The zero-order valence-electron chi connectivity index (χ0n) is 17.6. The van der Waals surface area contributed by atoms with Gasteiger partial charge in [0.1, 0.15) is 5.69 Å². The number of fused-ring (bicyclic) bond motifs is 1. The smallest absolute Gasteiger partial charge is 0.411 e. The van der Waals surface area contributed by atoms with E-state index in [1.807, 2.05) is 27.7 Å². The zero-order valence-corrected chi connectivity index (χ0v) is 17.6. The van der Waals surface area contributed by atoms with E-state index in [0.29, 0.717) is 0 Å². The summed E-state index contributed by atoms with van der Waals surface area (Å²) in [6.07, 6.45) is -0.843. The highest BCUT2D eigenvalue weighted by Gasteiger charge is 2.37. The monoisotopic (exact) mass is 415 g/mol. The first kappa shape index (κ1) is 24.3. The molecular formula is C21H25N3O6. The summed E-state index contributed by atoms with van der Waals surface area (Å²) in [5, 5.41) is 13.6. The zero-order chi connectivity index (χ0) is 22.8. The number of hydrogen-bond acceptors (Lipinski definition) is 6. The fraction of sp³-hybridized carbons (Fsp3) is 0.286. The number of nitro benzene ring substituents is 1. The number of imide groups is 1. The Morgan fingerprint density at radius 1 is 1.03 bits per heavy atom. The summed E-state index contributed by atoms with van der Waals surface area (Å²) in [7, 11) is 0. The van der Waals surface area contributed by atoms with Crippen molar-refractivity contribution >= 4 is 35.0 Å². The quantitative estimate of drug-likeness (QED) is 0.426. The van der Waals surface area contributed by atoms with E-state index in [0.717, 1.165) is 11.0 Å². The predicted octanol–water partition coefficient (Wildman–Crippen LogP) is 5.02. The number of amides is 3. The Hall–Kier alpha value is -3.75. The second-order valence-electron chi connectivity index (χ2n) is 5.30. The van der Waals surface area contributed by atoms with Crippen molar-refractivity contribution in [2.45, 2.75) is 34.6 Å². The van der Waals surface area contributed by atoms with Crippen LogP contribution in [-0.2, 0) is 4.74 Å². The van der Waals surface area contributed by atoms with E-state index >= 15 is 0 Å². The molecule has 1 heterocycles. The SMILES string of the molecule is CC.CC.CCOC(=O)Nc1ccc(N2C(=O)c3ccccc3C2=O)cc1[N+](=O)[O-]. The fourth-order valence-electron chi connectivity index (χ4n) is 2.62. The molecule has 3 amide bonds. The lowest BCUT2D eigenvalue weighted by Crippen LogP contribution is -2.29. The number of nitro groups is 1. The Kier molecular flexibility index (Phi) is 9.15. The lowest BCUT2D eigenvalue weighted by atomic mass is 10.1. The molecule has 3 rings (SSSR count). The molecule has 0 saturated heterocycles.